The van der Waals surface area contributed by atoms with Crippen LogP contribution in [0.2, 0.25) is 0 Å². The number of carbonyl (C=O) groups is 1. The van der Waals surface area contributed by atoms with Crippen LogP contribution in [0.5, 0.6) is 0 Å². The number of nitrogens with zero attached hydrogens (tertiary/aromatic N) is 2. The molecule has 0 saturated heterocycles. The van der Waals surface area contributed by atoms with Crippen molar-refractivity contribution in [2.45, 2.75) is 17.7 Å². The Labute approximate surface area is 164 Å². The fourth-order valence-electron chi connectivity index (χ4n) is 2.76. The van der Waals surface area contributed by atoms with Gasteiger partial charge in [-0.3, -0.25) is 4.79 Å². The standard InChI is InChI=1S/C20H17N3O2S2/c1-2-16-14(13-7-3-5-9-17(13)25-16)11-21-23-19(24)12-26-20-22-15-8-4-6-10-18(15)27-20/h3-11H,2,12H2,1H3,(H,23,24)/b21-11-. The van der Waals surface area contributed by atoms with Crippen molar-refractivity contribution in [1.82, 2.24) is 10.4 Å². The Morgan fingerprint density at radius 3 is 2.93 bits per heavy atom. The van der Waals surface area contributed by atoms with Gasteiger partial charge in [0, 0.05) is 17.4 Å². The summed E-state index contributed by atoms with van der Waals surface area (Å²) in [5.74, 6) is 0.962. The van der Waals surface area contributed by atoms with Crippen molar-refractivity contribution >= 4 is 56.4 Å². The first-order chi connectivity index (χ1) is 13.2. The van der Waals surface area contributed by atoms with E-state index in [1.165, 1.54) is 11.8 Å². The third-order valence-corrected chi connectivity index (χ3v) is 6.20. The van der Waals surface area contributed by atoms with Gasteiger partial charge in [-0.05, 0) is 18.2 Å². The van der Waals surface area contributed by atoms with Crippen molar-refractivity contribution < 1.29 is 9.21 Å². The zero-order valence-corrected chi connectivity index (χ0v) is 16.3. The Morgan fingerprint density at radius 2 is 2.07 bits per heavy atom. The van der Waals surface area contributed by atoms with E-state index in [-0.39, 0.29) is 11.7 Å². The van der Waals surface area contributed by atoms with Crippen LogP contribution in [0.25, 0.3) is 21.2 Å². The SMILES string of the molecule is CCc1oc2ccccc2c1/C=N\NC(=O)CSc1nc2ccccc2s1. The predicted octanol–water partition coefficient (Wildman–Crippen LogP) is 4.85. The number of thioether (sulfide) groups is 1. The average molecular weight is 396 g/mol. The lowest BCUT2D eigenvalue weighted by molar-refractivity contribution is -0.118. The van der Waals surface area contributed by atoms with Crippen molar-refractivity contribution in [3.05, 3.63) is 59.9 Å². The number of amides is 1. The third-order valence-electron chi connectivity index (χ3n) is 4.02. The minimum atomic E-state index is -0.165. The van der Waals surface area contributed by atoms with E-state index < -0.39 is 0 Å². The van der Waals surface area contributed by atoms with Gasteiger partial charge < -0.3 is 4.42 Å². The van der Waals surface area contributed by atoms with E-state index in [4.69, 9.17) is 4.42 Å². The molecule has 2 aromatic carbocycles. The van der Waals surface area contributed by atoms with Crippen molar-refractivity contribution in [3.63, 3.8) is 0 Å². The van der Waals surface area contributed by atoms with E-state index in [9.17, 15) is 4.79 Å². The number of thiazole rings is 1. The van der Waals surface area contributed by atoms with Crippen LogP contribution in [-0.4, -0.2) is 22.9 Å². The van der Waals surface area contributed by atoms with Gasteiger partial charge in [0.05, 0.1) is 22.2 Å². The second kappa shape index (κ2) is 7.94. The van der Waals surface area contributed by atoms with Crippen LogP contribution in [0.3, 0.4) is 0 Å². The van der Waals surface area contributed by atoms with Crippen LogP contribution < -0.4 is 5.43 Å². The van der Waals surface area contributed by atoms with Crippen LogP contribution in [-0.2, 0) is 11.2 Å². The Bertz CT molecular complexity index is 1100. The molecule has 0 unspecified atom stereocenters. The average Bonchev–Trinajstić information content (AvgIpc) is 3.27. The monoisotopic (exact) mass is 395 g/mol. The molecule has 0 fully saturated rings. The first kappa shape index (κ1) is 17.8. The van der Waals surface area contributed by atoms with E-state index >= 15 is 0 Å². The number of nitrogens with one attached hydrogen (secondary N) is 1. The summed E-state index contributed by atoms with van der Waals surface area (Å²) in [7, 11) is 0. The van der Waals surface area contributed by atoms with Crippen molar-refractivity contribution in [2.75, 3.05) is 5.75 Å². The summed E-state index contributed by atoms with van der Waals surface area (Å²) in [5, 5.41) is 5.11. The summed E-state index contributed by atoms with van der Waals surface area (Å²) in [6, 6.07) is 15.8. The van der Waals surface area contributed by atoms with Gasteiger partial charge in [0.1, 0.15) is 11.3 Å². The lowest BCUT2D eigenvalue weighted by Gasteiger charge is -1.98. The highest BCUT2D eigenvalue weighted by Crippen LogP contribution is 2.29. The molecule has 4 rings (SSSR count). The van der Waals surface area contributed by atoms with E-state index in [1.807, 2.05) is 55.5 Å². The normalized spacial score (nSPS) is 11.6. The lowest BCUT2D eigenvalue weighted by atomic mass is 10.1. The maximum absolute atomic E-state index is 12.1. The molecule has 0 aliphatic carbocycles. The van der Waals surface area contributed by atoms with Crippen molar-refractivity contribution in [1.29, 1.82) is 0 Å². The molecule has 0 radical (unpaired) electrons. The number of aryl methyl sites for hydroxylation is 1. The molecular formula is C20H17N3O2S2. The number of fused-ring (bicyclic) bond motifs is 2. The van der Waals surface area contributed by atoms with Gasteiger partial charge in [-0.2, -0.15) is 5.10 Å². The first-order valence-corrected chi connectivity index (χ1v) is 10.4. The molecule has 1 amide bonds. The second-order valence-electron chi connectivity index (χ2n) is 5.82. The molecule has 0 aliphatic heterocycles. The van der Waals surface area contributed by atoms with Crippen molar-refractivity contribution in [2.24, 2.45) is 5.10 Å². The molecule has 27 heavy (non-hydrogen) atoms. The molecule has 0 aliphatic rings. The van der Waals surface area contributed by atoms with Crippen molar-refractivity contribution in [3.8, 4) is 0 Å². The molecule has 4 aromatic rings. The number of furan rings is 1. The molecule has 2 aromatic heterocycles. The minimum absolute atomic E-state index is 0.165. The molecule has 1 N–H and O–H groups in total. The molecule has 0 saturated carbocycles. The van der Waals surface area contributed by atoms with Gasteiger partial charge in [0.25, 0.3) is 5.91 Å². The number of hydrogen-bond acceptors (Lipinski definition) is 6. The number of benzene rings is 2. The Kier molecular flexibility index (Phi) is 5.22. The van der Waals surface area contributed by atoms with Crippen LogP contribution in [0.4, 0.5) is 0 Å². The number of hydrogen-bond donors (Lipinski definition) is 1. The summed E-state index contributed by atoms with van der Waals surface area (Å²) in [5.41, 5.74) is 5.28. The Morgan fingerprint density at radius 1 is 1.26 bits per heavy atom. The van der Waals surface area contributed by atoms with E-state index in [2.05, 4.69) is 15.5 Å². The topological polar surface area (TPSA) is 67.5 Å². The van der Waals surface area contributed by atoms with Crippen LogP contribution in [0.1, 0.15) is 18.2 Å². The lowest BCUT2D eigenvalue weighted by Crippen LogP contribution is -2.19. The number of aromatic nitrogens is 1. The minimum Gasteiger partial charge on any atom is -0.460 e. The van der Waals surface area contributed by atoms with E-state index in [0.717, 1.165) is 43.3 Å². The number of para-hydroxylation sites is 2. The zero-order chi connectivity index (χ0) is 18.6. The summed E-state index contributed by atoms with van der Waals surface area (Å²) in [4.78, 5) is 16.6. The van der Waals surface area contributed by atoms with Gasteiger partial charge in [-0.15, -0.1) is 11.3 Å². The highest BCUT2D eigenvalue weighted by molar-refractivity contribution is 8.01. The quantitative estimate of drug-likeness (QED) is 0.288. The van der Waals surface area contributed by atoms with Crippen LogP contribution >= 0.6 is 23.1 Å². The Hall–Kier alpha value is -2.64. The van der Waals surface area contributed by atoms with Gasteiger partial charge in [0.15, 0.2) is 4.34 Å². The number of carbonyl (C=O) groups excluding carboxylic acids is 1. The first-order valence-electron chi connectivity index (χ1n) is 8.55. The third kappa shape index (κ3) is 3.89. The van der Waals surface area contributed by atoms with Gasteiger partial charge in [-0.1, -0.05) is 49.0 Å². The van der Waals surface area contributed by atoms with E-state index in [1.54, 1.807) is 17.6 Å². The summed E-state index contributed by atoms with van der Waals surface area (Å²) < 4.78 is 7.83. The number of rotatable bonds is 6. The molecule has 7 heteroatoms. The molecule has 2 heterocycles. The highest BCUT2D eigenvalue weighted by atomic mass is 32.2. The molecular weight excluding hydrogens is 378 g/mol. The molecule has 0 spiro atoms. The van der Waals surface area contributed by atoms with Gasteiger partial charge >= 0.3 is 0 Å². The Balaban J connectivity index is 1.39. The summed E-state index contributed by atoms with van der Waals surface area (Å²) >= 11 is 3.00. The van der Waals surface area contributed by atoms with Gasteiger partial charge in [0.2, 0.25) is 0 Å². The predicted molar refractivity (Wildman–Crippen MR) is 112 cm³/mol. The summed E-state index contributed by atoms with van der Waals surface area (Å²) in [6.45, 7) is 2.03. The molecule has 5 nitrogen and oxygen atoms in total. The molecule has 136 valence electrons. The smallest absolute Gasteiger partial charge is 0.250 e. The fraction of sp³-hybridized carbons (Fsp3) is 0.150. The molecule has 0 bridgehead atoms. The second-order valence-corrected chi connectivity index (χ2v) is 8.07. The van der Waals surface area contributed by atoms with Crippen LogP contribution in [0, 0.1) is 0 Å². The highest BCUT2D eigenvalue weighted by Gasteiger charge is 2.11. The van der Waals surface area contributed by atoms with Gasteiger partial charge in [-0.25, -0.2) is 10.4 Å². The fourth-order valence-corrected chi connectivity index (χ4v) is 4.62. The number of hydrazone groups is 1. The van der Waals surface area contributed by atoms with Crippen LogP contribution in [0.15, 0.2) is 62.4 Å². The zero-order valence-electron chi connectivity index (χ0n) is 14.6. The van der Waals surface area contributed by atoms with E-state index in [0.29, 0.717) is 0 Å². The maximum Gasteiger partial charge on any atom is 0.250 e. The largest absolute Gasteiger partial charge is 0.460 e. The summed E-state index contributed by atoms with van der Waals surface area (Å²) in [6.07, 6.45) is 2.42. The maximum atomic E-state index is 12.1. The molecule has 0 atom stereocenters.